The van der Waals surface area contributed by atoms with E-state index < -0.39 is 11.9 Å². The molecule has 0 heterocycles. The summed E-state index contributed by atoms with van der Waals surface area (Å²) in [5, 5.41) is 12.8. The number of nitrogens with zero attached hydrogens (tertiary/aromatic N) is 1. The summed E-state index contributed by atoms with van der Waals surface area (Å²) >= 11 is 0. The number of hydrazone groups is 1. The highest BCUT2D eigenvalue weighted by Gasteiger charge is 2.07. The molecule has 2 rings (SSSR count). The molecule has 1 amide bonds. The average molecular weight is 326 g/mol. The largest absolute Gasteiger partial charge is 0.484 e. The Morgan fingerprint density at radius 2 is 1.83 bits per heavy atom. The molecule has 2 aromatic rings. The standard InChI is InChI=1S/C18H18N2O4/c1-12-7-13(2)9-15(8-12)24-11-17(21)20-19-10-14-5-3-4-6-16(14)18(22)23/h3-10H,11H2,1-2H3,(H,20,21)(H,22,23)/b19-10+. The summed E-state index contributed by atoms with van der Waals surface area (Å²) in [4.78, 5) is 22.8. The van der Waals surface area contributed by atoms with Crippen molar-refractivity contribution in [2.24, 2.45) is 5.10 Å². The molecule has 0 aliphatic carbocycles. The van der Waals surface area contributed by atoms with Crippen LogP contribution in [0.4, 0.5) is 0 Å². The second-order valence-electron chi connectivity index (χ2n) is 5.30. The molecule has 0 saturated carbocycles. The van der Waals surface area contributed by atoms with E-state index in [9.17, 15) is 9.59 Å². The van der Waals surface area contributed by atoms with E-state index in [0.717, 1.165) is 11.1 Å². The highest BCUT2D eigenvalue weighted by atomic mass is 16.5. The van der Waals surface area contributed by atoms with Gasteiger partial charge in [0.25, 0.3) is 5.91 Å². The number of amides is 1. The molecule has 0 radical (unpaired) electrons. The molecule has 24 heavy (non-hydrogen) atoms. The van der Waals surface area contributed by atoms with Crippen molar-refractivity contribution < 1.29 is 19.4 Å². The number of carboxylic acid groups (broad SMARTS) is 1. The molecular formula is C18H18N2O4. The van der Waals surface area contributed by atoms with Gasteiger partial charge in [-0.25, -0.2) is 10.2 Å². The van der Waals surface area contributed by atoms with Crippen LogP contribution in [0.15, 0.2) is 47.6 Å². The Hall–Kier alpha value is -3.15. The Bertz CT molecular complexity index is 764. The van der Waals surface area contributed by atoms with Gasteiger partial charge in [-0.3, -0.25) is 4.79 Å². The van der Waals surface area contributed by atoms with Crippen molar-refractivity contribution >= 4 is 18.1 Å². The van der Waals surface area contributed by atoms with Crippen LogP contribution in [-0.4, -0.2) is 29.8 Å². The number of aromatic carboxylic acids is 1. The number of ether oxygens (including phenoxy) is 1. The number of benzene rings is 2. The number of rotatable bonds is 6. The number of carbonyl (C=O) groups is 2. The monoisotopic (exact) mass is 326 g/mol. The number of carboxylic acids is 1. The third-order valence-electron chi connectivity index (χ3n) is 3.15. The summed E-state index contributed by atoms with van der Waals surface area (Å²) in [7, 11) is 0. The van der Waals surface area contributed by atoms with Gasteiger partial charge in [0.2, 0.25) is 0 Å². The fraction of sp³-hybridized carbons (Fsp3) is 0.167. The fourth-order valence-corrected chi connectivity index (χ4v) is 2.18. The minimum absolute atomic E-state index is 0.113. The van der Waals surface area contributed by atoms with Gasteiger partial charge in [-0.2, -0.15) is 5.10 Å². The van der Waals surface area contributed by atoms with Crippen LogP contribution in [0.5, 0.6) is 5.75 Å². The summed E-state index contributed by atoms with van der Waals surface area (Å²) in [6.45, 7) is 3.72. The predicted octanol–water partition coefficient (Wildman–Crippen LogP) is 2.53. The van der Waals surface area contributed by atoms with Crippen molar-refractivity contribution in [3.63, 3.8) is 0 Å². The lowest BCUT2D eigenvalue weighted by Crippen LogP contribution is -2.24. The second-order valence-corrected chi connectivity index (χ2v) is 5.30. The topological polar surface area (TPSA) is 88.0 Å². The van der Waals surface area contributed by atoms with Crippen molar-refractivity contribution in [3.8, 4) is 5.75 Å². The first-order chi connectivity index (χ1) is 11.5. The van der Waals surface area contributed by atoms with Gasteiger partial charge in [-0.15, -0.1) is 0 Å². The third kappa shape index (κ3) is 4.95. The molecule has 6 heteroatoms. The fourth-order valence-electron chi connectivity index (χ4n) is 2.18. The lowest BCUT2D eigenvalue weighted by Gasteiger charge is -2.07. The maximum absolute atomic E-state index is 11.7. The van der Waals surface area contributed by atoms with Crippen LogP contribution in [0, 0.1) is 13.8 Å². The molecule has 0 aliphatic rings. The molecule has 2 N–H and O–H groups in total. The number of hydrogen-bond acceptors (Lipinski definition) is 4. The van der Waals surface area contributed by atoms with E-state index in [-0.39, 0.29) is 12.2 Å². The summed E-state index contributed by atoms with van der Waals surface area (Å²) < 4.78 is 5.41. The second kappa shape index (κ2) is 7.92. The number of hydrogen-bond donors (Lipinski definition) is 2. The van der Waals surface area contributed by atoms with Gasteiger partial charge < -0.3 is 9.84 Å². The van der Waals surface area contributed by atoms with Crippen LogP contribution in [-0.2, 0) is 4.79 Å². The molecule has 0 aromatic heterocycles. The molecule has 0 bridgehead atoms. The van der Waals surface area contributed by atoms with Crippen LogP contribution in [0.3, 0.4) is 0 Å². The van der Waals surface area contributed by atoms with E-state index in [1.807, 2.05) is 32.0 Å². The third-order valence-corrected chi connectivity index (χ3v) is 3.15. The van der Waals surface area contributed by atoms with Crippen molar-refractivity contribution in [2.75, 3.05) is 6.61 Å². The minimum Gasteiger partial charge on any atom is -0.484 e. The zero-order valence-electron chi connectivity index (χ0n) is 13.4. The summed E-state index contributed by atoms with van der Waals surface area (Å²) in [6, 6.07) is 12.1. The van der Waals surface area contributed by atoms with Gasteiger partial charge in [0.05, 0.1) is 11.8 Å². The van der Waals surface area contributed by atoms with Crippen LogP contribution < -0.4 is 10.2 Å². The summed E-state index contributed by atoms with van der Waals surface area (Å²) in [5.41, 5.74) is 4.93. The molecular weight excluding hydrogens is 308 g/mol. The van der Waals surface area contributed by atoms with Crippen LogP contribution in [0.1, 0.15) is 27.0 Å². The van der Waals surface area contributed by atoms with Gasteiger partial charge >= 0.3 is 5.97 Å². The first kappa shape index (κ1) is 17.2. The van der Waals surface area contributed by atoms with Crippen molar-refractivity contribution in [2.45, 2.75) is 13.8 Å². The summed E-state index contributed by atoms with van der Waals surface area (Å²) in [6.07, 6.45) is 1.29. The van der Waals surface area contributed by atoms with Crippen LogP contribution in [0.25, 0.3) is 0 Å². The zero-order valence-corrected chi connectivity index (χ0v) is 13.4. The van der Waals surface area contributed by atoms with Gasteiger partial charge in [-0.1, -0.05) is 24.3 Å². The Morgan fingerprint density at radius 3 is 2.50 bits per heavy atom. The van der Waals surface area contributed by atoms with Crippen molar-refractivity contribution in [3.05, 3.63) is 64.7 Å². The van der Waals surface area contributed by atoms with E-state index in [0.29, 0.717) is 11.3 Å². The van der Waals surface area contributed by atoms with E-state index >= 15 is 0 Å². The maximum atomic E-state index is 11.7. The van der Waals surface area contributed by atoms with Gasteiger partial charge in [0.1, 0.15) is 5.75 Å². The highest BCUT2D eigenvalue weighted by molar-refractivity contribution is 5.98. The van der Waals surface area contributed by atoms with Gasteiger partial charge in [0.15, 0.2) is 6.61 Å². The summed E-state index contributed by atoms with van der Waals surface area (Å²) in [5.74, 6) is -0.873. The van der Waals surface area contributed by atoms with Crippen LogP contribution >= 0.6 is 0 Å². The first-order valence-corrected chi connectivity index (χ1v) is 7.31. The maximum Gasteiger partial charge on any atom is 0.336 e. The van der Waals surface area contributed by atoms with E-state index in [1.165, 1.54) is 12.3 Å². The van der Waals surface area contributed by atoms with Crippen molar-refractivity contribution in [1.29, 1.82) is 0 Å². The first-order valence-electron chi connectivity index (χ1n) is 7.31. The average Bonchev–Trinajstić information content (AvgIpc) is 2.52. The number of aryl methyl sites for hydroxylation is 2. The Kier molecular flexibility index (Phi) is 5.68. The Morgan fingerprint density at radius 1 is 1.17 bits per heavy atom. The molecule has 0 spiro atoms. The Labute approximate surface area is 139 Å². The van der Waals surface area contributed by atoms with E-state index in [4.69, 9.17) is 9.84 Å². The minimum atomic E-state index is -1.05. The quantitative estimate of drug-likeness (QED) is 0.631. The molecule has 2 aromatic carbocycles. The molecule has 0 saturated heterocycles. The SMILES string of the molecule is Cc1cc(C)cc(OCC(=O)N/N=C/c2ccccc2C(=O)O)c1. The molecule has 0 fully saturated rings. The number of nitrogens with one attached hydrogen (secondary N) is 1. The smallest absolute Gasteiger partial charge is 0.336 e. The molecule has 6 nitrogen and oxygen atoms in total. The lowest BCUT2D eigenvalue weighted by atomic mass is 10.1. The number of carbonyl (C=O) groups excluding carboxylic acids is 1. The molecule has 124 valence electrons. The van der Waals surface area contributed by atoms with Gasteiger partial charge in [-0.05, 0) is 43.2 Å². The zero-order chi connectivity index (χ0) is 17.5. The highest BCUT2D eigenvalue weighted by Crippen LogP contribution is 2.15. The van der Waals surface area contributed by atoms with E-state index in [2.05, 4.69) is 10.5 Å². The Balaban J connectivity index is 1.90. The van der Waals surface area contributed by atoms with E-state index in [1.54, 1.807) is 18.2 Å². The van der Waals surface area contributed by atoms with Crippen LogP contribution in [0.2, 0.25) is 0 Å². The normalized spacial score (nSPS) is 10.6. The van der Waals surface area contributed by atoms with Crippen molar-refractivity contribution in [1.82, 2.24) is 5.43 Å². The molecule has 0 atom stereocenters. The lowest BCUT2D eigenvalue weighted by molar-refractivity contribution is -0.123. The van der Waals surface area contributed by atoms with Gasteiger partial charge in [0, 0.05) is 5.56 Å². The molecule has 0 unspecified atom stereocenters. The predicted molar refractivity (Wildman–Crippen MR) is 90.5 cm³/mol. The molecule has 0 aliphatic heterocycles.